The quantitative estimate of drug-likeness (QED) is 0.688. The lowest BCUT2D eigenvalue weighted by molar-refractivity contribution is 1.03. The van der Waals surface area contributed by atoms with Gasteiger partial charge in [0.15, 0.2) is 0 Å². The molecule has 2 rings (SSSR count). The largest absolute Gasteiger partial charge is 0.377 e. The summed E-state index contributed by atoms with van der Waals surface area (Å²) < 4.78 is 0. The first-order chi connectivity index (χ1) is 7.20. The van der Waals surface area contributed by atoms with Gasteiger partial charge in [-0.05, 0) is 16.9 Å². The van der Waals surface area contributed by atoms with Crippen LogP contribution in [0, 0.1) is 0 Å². The molecule has 0 radical (unpaired) electrons. The zero-order chi connectivity index (χ0) is 10.8. The Morgan fingerprint density at radius 3 is 2.53 bits per heavy atom. The molecule has 1 aromatic rings. The Kier molecular flexibility index (Phi) is 2.93. The number of benzene rings is 1. The number of para-hydroxylation sites is 1. The first kappa shape index (κ1) is 10.4. The Hall–Kier alpha value is -1.07. The van der Waals surface area contributed by atoms with Crippen LogP contribution in [0.4, 0.5) is 5.69 Å². The van der Waals surface area contributed by atoms with Gasteiger partial charge in [-0.25, -0.2) is 0 Å². The third-order valence-corrected chi connectivity index (χ3v) is 3.26. The molecule has 0 heterocycles. The van der Waals surface area contributed by atoms with Gasteiger partial charge in [-0.1, -0.05) is 36.4 Å². The van der Waals surface area contributed by atoms with E-state index in [-0.39, 0.29) is 0 Å². The molecule has 0 N–H and O–H groups in total. The molecule has 0 aliphatic heterocycles. The predicted octanol–water partition coefficient (Wildman–Crippen LogP) is 3.17. The van der Waals surface area contributed by atoms with Crippen LogP contribution in [0.2, 0.25) is 0 Å². The summed E-state index contributed by atoms with van der Waals surface area (Å²) in [7, 11) is 6.99. The van der Waals surface area contributed by atoms with Crippen LogP contribution in [0.15, 0.2) is 47.8 Å². The van der Waals surface area contributed by atoms with E-state index in [1.165, 1.54) is 16.6 Å². The third-order valence-electron chi connectivity index (χ3n) is 2.70. The summed E-state index contributed by atoms with van der Waals surface area (Å²) in [6.07, 6.45) is 6.52. The fourth-order valence-electron chi connectivity index (χ4n) is 1.93. The molecule has 1 nitrogen and oxygen atoms in total. The van der Waals surface area contributed by atoms with Crippen molar-refractivity contribution in [3.63, 3.8) is 0 Å². The fraction of sp³-hybridized carbons (Fsp3) is 0.231. The number of anilines is 1. The van der Waals surface area contributed by atoms with Gasteiger partial charge < -0.3 is 4.90 Å². The van der Waals surface area contributed by atoms with Gasteiger partial charge in [0.2, 0.25) is 0 Å². The van der Waals surface area contributed by atoms with E-state index in [2.05, 4.69) is 70.7 Å². The topological polar surface area (TPSA) is 3.24 Å². The van der Waals surface area contributed by atoms with Crippen LogP contribution < -0.4 is 4.90 Å². The highest BCUT2D eigenvalue weighted by molar-refractivity contribution is 7.22. The Bertz CT molecular complexity index is 418. The second kappa shape index (κ2) is 4.20. The predicted molar refractivity (Wildman–Crippen MR) is 70.4 cm³/mol. The van der Waals surface area contributed by atoms with Gasteiger partial charge in [-0.2, -0.15) is 0 Å². The molecule has 2 unspecified atom stereocenters. The molecule has 0 amide bonds. The zero-order valence-corrected chi connectivity index (χ0v) is 10.3. The molecule has 0 saturated carbocycles. The molecule has 0 aromatic heterocycles. The summed E-state index contributed by atoms with van der Waals surface area (Å²) >= 11 is 0. The van der Waals surface area contributed by atoms with E-state index < -0.39 is 0 Å². The number of hydrogen-bond donors (Lipinski definition) is 0. The molecule has 1 aliphatic rings. The maximum absolute atomic E-state index is 2.82. The van der Waals surface area contributed by atoms with Crippen molar-refractivity contribution in [3.8, 4) is 0 Å². The number of nitrogens with zero attached hydrogens (tertiary/aromatic N) is 1. The van der Waals surface area contributed by atoms with Gasteiger partial charge in [0.25, 0.3) is 0 Å². The van der Waals surface area contributed by atoms with Gasteiger partial charge >= 0.3 is 0 Å². The number of rotatable bonds is 2. The molecule has 1 aliphatic carbocycles. The average molecular weight is 217 g/mol. The molecule has 15 heavy (non-hydrogen) atoms. The summed E-state index contributed by atoms with van der Waals surface area (Å²) in [5.74, 6) is 0.425. The molecular formula is C13H16NP. The van der Waals surface area contributed by atoms with Crippen LogP contribution in [-0.2, 0) is 0 Å². The standard InChI is InChI=1S/C13H16NP/c1-14(2)12-8-4-3-6-10(12)11-7-5-9-13(11)15/h3-9,11H,15H2,1-2H3. The van der Waals surface area contributed by atoms with Crippen molar-refractivity contribution in [2.45, 2.75) is 5.92 Å². The van der Waals surface area contributed by atoms with Crippen LogP contribution in [0.5, 0.6) is 0 Å². The van der Waals surface area contributed by atoms with Crippen molar-refractivity contribution in [1.82, 2.24) is 0 Å². The van der Waals surface area contributed by atoms with Crippen molar-refractivity contribution in [3.05, 3.63) is 53.4 Å². The minimum absolute atomic E-state index is 0.425. The van der Waals surface area contributed by atoms with E-state index in [4.69, 9.17) is 0 Å². The molecule has 0 fully saturated rings. The third kappa shape index (κ3) is 1.98. The minimum atomic E-state index is 0.425. The van der Waals surface area contributed by atoms with Crippen molar-refractivity contribution >= 4 is 14.9 Å². The summed E-state index contributed by atoms with van der Waals surface area (Å²) in [6, 6.07) is 8.56. The second-order valence-electron chi connectivity index (χ2n) is 3.98. The van der Waals surface area contributed by atoms with Gasteiger partial charge in [0.1, 0.15) is 0 Å². The van der Waals surface area contributed by atoms with E-state index in [9.17, 15) is 0 Å². The maximum Gasteiger partial charge on any atom is 0.0403 e. The fourth-order valence-corrected chi connectivity index (χ4v) is 2.34. The van der Waals surface area contributed by atoms with Crippen molar-refractivity contribution in [2.24, 2.45) is 0 Å². The highest BCUT2D eigenvalue weighted by Crippen LogP contribution is 2.38. The van der Waals surface area contributed by atoms with Gasteiger partial charge in [-0.15, -0.1) is 9.24 Å². The lowest BCUT2D eigenvalue weighted by atomic mass is 9.98. The second-order valence-corrected chi connectivity index (χ2v) is 4.65. The molecule has 78 valence electrons. The first-order valence-corrected chi connectivity index (χ1v) is 5.68. The Labute approximate surface area is 93.7 Å². The molecular weight excluding hydrogens is 201 g/mol. The molecule has 2 heteroatoms. The van der Waals surface area contributed by atoms with Crippen LogP contribution in [0.3, 0.4) is 0 Å². The Morgan fingerprint density at radius 1 is 1.20 bits per heavy atom. The maximum atomic E-state index is 2.82. The van der Waals surface area contributed by atoms with Crippen LogP contribution in [-0.4, -0.2) is 14.1 Å². The highest BCUT2D eigenvalue weighted by atomic mass is 31.0. The monoisotopic (exact) mass is 217 g/mol. The molecule has 0 bridgehead atoms. The highest BCUT2D eigenvalue weighted by Gasteiger charge is 2.17. The van der Waals surface area contributed by atoms with E-state index in [1.807, 2.05) is 0 Å². The smallest absolute Gasteiger partial charge is 0.0403 e. The molecule has 0 saturated heterocycles. The Balaban J connectivity index is 2.44. The lowest BCUT2D eigenvalue weighted by Crippen LogP contribution is -2.12. The summed E-state index contributed by atoms with van der Waals surface area (Å²) in [5, 5.41) is 1.34. The van der Waals surface area contributed by atoms with E-state index in [0.717, 1.165) is 0 Å². The number of hydrogen-bond acceptors (Lipinski definition) is 1. The lowest BCUT2D eigenvalue weighted by Gasteiger charge is -2.21. The summed E-state index contributed by atoms with van der Waals surface area (Å²) in [5.41, 5.74) is 2.67. The molecule has 0 spiro atoms. The van der Waals surface area contributed by atoms with Crippen LogP contribution >= 0.6 is 9.24 Å². The van der Waals surface area contributed by atoms with Crippen LogP contribution in [0.25, 0.3) is 0 Å². The molecule has 1 aromatic carbocycles. The van der Waals surface area contributed by atoms with Crippen molar-refractivity contribution < 1.29 is 0 Å². The minimum Gasteiger partial charge on any atom is -0.377 e. The normalized spacial score (nSPS) is 19.1. The average Bonchev–Trinajstić information content (AvgIpc) is 2.64. The van der Waals surface area contributed by atoms with E-state index in [1.54, 1.807) is 0 Å². The van der Waals surface area contributed by atoms with E-state index >= 15 is 0 Å². The SMILES string of the molecule is CN(C)c1ccccc1C1C=CC=C1P. The number of allylic oxidation sites excluding steroid dienone is 4. The zero-order valence-electron chi connectivity index (χ0n) is 9.14. The van der Waals surface area contributed by atoms with Crippen molar-refractivity contribution in [2.75, 3.05) is 19.0 Å². The molecule has 2 atom stereocenters. The summed E-state index contributed by atoms with van der Waals surface area (Å²) in [4.78, 5) is 2.17. The Morgan fingerprint density at radius 2 is 1.93 bits per heavy atom. The van der Waals surface area contributed by atoms with Gasteiger partial charge in [0.05, 0.1) is 0 Å². The van der Waals surface area contributed by atoms with Crippen LogP contribution in [0.1, 0.15) is 11.5 Å². The summed E-state index contributed by atoms with van der Waals surface area (Å²) in [6.45, 7) is 0. The van der Waals surface area contributed by atoms with Gasteiger partial charge in [0, 0.05) is 25.7 Å². The van der Waals surface area contributed by atoms with Crippen molar-refractivity contribution in [1.29, 1.82) is 0 Å². The van der Waals surface area contributed by atoms with Gasteiger partial charge in [-0.3, -0.25) is 0 Å². The van der Waals surface area contributed by atoms with E-state index in [0.29, 0.717) is 5.92 Å². The first-order valence-electron chi connectivity index (χ1n) is 5.10.